The second-order valence-electron chi connectivity index (χ2n) is 7.49. The molecule has 0 spiro atoms. The molecule has 1 aliphatic rings. The predicted molar refractivity (Wildman–Crippen MR) is 122 cm³/mol. The molecule has 8 nitrogen and oxygen atoms in total. The van der Waals surface area contributed by atoms with Gasteiger partial charge in [0.2, 0.25) is 0 Å². The van der Waals surface area contributed by atoms with Gasteiger partial charge in [-0.1, -0.05) is 6.07 Å². The summed E-state index contributed by atoms with van der Waals surface area (Å²) in [5.41, 5.74) is 5.61. The van der Waals surface area contributed by atoms with Gasteiger partial charge in [0.15, 0.2) is 0 Å². The van der Waals surface area contributed by atoms with Crippen molar-refractivity contribution in [2.45, 2.75) is 6.54 Å². The Balaban J connectivity index is 1.63. The maximum Gasteiger partial charge on any atom is 0.274 e. The Kier molecular flexibility index (Phi) is 5.90. The van der Waals surface area contributed by atoms with Crippen LogP contribution in [-0.2, 0) is 11.3 Å². The third-order valence-corrected chi connectivity index (χ3v) is 4.83. The molecule has 2 aromatic heterocycles. The monoisotopic (exact) mass is 416 g/mol. The molecule has 0 bridgehead atoms. The Morgan fingerprint density at radius 1 is 1.10 bits per heavy atom. The molecule has 0 fully saturated rings. The van der Waals surface area contributed by atoms with E-state index >= 15 is 0 Å². The van der Waals surface area contributed by atoms with E-state index in [1.54, 1.807) is 25.6 Å². The van der Waals surface area contributed by atoms with Crippen molar-refractivity contribution >= 4 is 23.0 Å². The molecule has 0 atom stereocenters. The molecule has 0 aliphatic carbocycles. The first kappa shape index (κ1) is 20.5. The fourth-order valence-corrected chi connectivity index (χ4v) is 3.44. The van der Waals surface area contributed by atoms with Gasteiger partial charge in [-0.2, -0.15) is 0 Å². The highest BCUT2D eigenvalue weighted by Gasteiger charge is 2.22. The first-order chi connectivity index (χ1) is 15.0. The number of nitrogens with one attached hydrogen (secondary N) is 2. The summed E-state index contributed by atoms with van der Waals surface area (Å²) < 4.78 is 5.17. The summed E-state index contributed by atoms with van der Waals surface area (Å²) in [6, 6.07) is 9.79. The maximum atomic E-state index is 13.0. The van der Waals surface area contributed by atoms with Crippen LogP contribution in [0.1, 0.15) is 11.1 Å². The maximum absolute atomic E-state index is 13.0. The van der Waals surface area contributed by atoms with E-state index in [1.165, 1.54) is 0 Å². The second kappa shape index (κ2) is 8.93. The third-order valence-electron chi connectivity index (χ3n) is 4.83. The van der Waals surface area contributed by atoms with Crippen molar-refractivity contribution in [3.63, 3.8) is 0 Å². The number of rotatable bonds is 6. The number of pyridine rings is 2. The van der Waals surface area contributed by atoms with E-state index in [9.17, 15) is 4.79 Å². The third kappa shape index (κ3) is 4.70. The first-order valence-corrected chi connectivity index (χ1v) is 9.85. The minimum Gasteiger partial charge on any atom is -0.495 e. The van der Waals surface area contributed by atoms with E-state index in [2.05, 4.69) is 36.6 Å². The smallest absolute Gasteiger partial charge is 0.274 e. The SMILES string of the molecule is COc1cncc(NC(=O)C2=NCNc3ccc(-c4cncc(CN(C)C)c4)cc32)c1. The van der Waals surface area contributed by atoms with Crippen LogP contribution in [0, 0.1) is 0 Å². The molecule has 31 heavy (non-hydrogen) atoms. The molecule has 3 aromatic rings. The van der Waals surface area contributed by atoms with Crippen LogP contribution >= 0.6 is 0 Å². The van der Waals surface area contributed by atoms with E-state index in [4.69, 9.17) is 4.74 Å². The van der Waals surface area contributed by atoms with E-state index < -0.39 is 0 Å². The molecule has 8 heteroatoms. The number of methoxy groups -OCH3 is 1. The molecule has 0 saturated carbocycles. The van der Waals surface area contributed by atoms with Crippen molar-refractivity contribution in [3.05, 3.63) is 66.2 Å². The fourth-order valence-electron chi connectivity index (χ4n) is 3.44. The lowest BCUT2D eigenvalue weighted by Crippen LogP contribution is -2.28. The van der Waals surface area contributed by atoms with Gasteiger partial charge in [0.25, 0.3) is 5.91 Å². The van der Waals surface area contributed by atoms with E-state index in [0.717, 1.165) is 34.5 Å². The van der Waals surface area contributed by atoms with Gasteiger partial charge in [-0.05, 0) is 43.4 Å². The fraction of sp³-hybridized carbons (Fsp3) is 0.217. The second-order valence-corrected chi connectivity index (χ2v) is 7.49. The first-order valence-electron chi connectivity index (χ1n) is 9.85. The largest absolute Gasteiger partial charge is 0.495 e. The van der Waals surface area contributed by atoms with E-state index in [0.29, 0.717) is 23.8 Å². The number of benzene rings is 1. The molecule has 4 rings (SSSR count). The van der Waals surface area contributed by atoms with Gasteiger partial charge in [0.1, 0.15) is 18.1 Å². The zero-order valence-electron chi connectivity index (χ0n) is 17.7. The Morgan fingerprint density at radius 2 is 1.94 bits per heavy atom. The molecule has 0 saturated heterocycles. The summed E-state index contributed by atoms with van der Waals surface area (Å²) in [5.74, 6) is 0.271. The van der Waals surface area contributed by atoms with Gasteiger partial charge in [0, 0.05) is 41.8 Å². The number of fused-ring (bicyclic) bond motifs is 1. The number of hydrogen-bond donors (Lipinski definition) is 2. The number of nitrogens with zero attached hydrogens (tertiary/aromatic N) is 4. The lowest BCUT2D eigenvalue weighted by Gasteiger charge is -2.19. The number of aliphatic imine (C=N–C) groups is 1. The average molecular weight is 416 g/mol. The highest BCUT2D eigenvalue weighted by Crippen LogP contribution is 2.28. The van der Waals surface area contributed by atoms with Crippen molar-refractivity contribution < 1.29 is 9.53 Å². The molecule has 0 unspecified atom stereocenters. The normalized spacial score (nSPS) is 12.6. The molecule has 1 amide bonds. The molecule has 3 heterocycles. The van der Waals surface area contributed by atoms with Crippen LogP contribution in [0.3, 0.4) is 0 Å². The average Bonchev–Trinajstić information content (AvgIpc) is 2.78. The molecular weight excluding hydrogens is 392 g/mol. The summed E-state index contributed by atoms with van der Waals surface area (Å²) in [6.07, 6.45) is 6.85. The standard InChI is InChI=1S/C23H24N6O2/c1-29(2)13-15-6-17(10-24-9-15)16-4-5-21-20(7-16)22(27-14-26-21)23(30)28-18-8-19(31-3)12-25-11-18/h4-12,26H,13-14H2,1-3H3,(H,28,30). The van der Waals surface area contributed by atoms with E-state index in [-0.39, 0.29) is 5.91 Å². The summed E-state index contributed by atoms with van der Waals surface area (Å²) in [7, 11) is 5.60. The van der Waals surface area contributed by atoms with Crippen LogP contribution in [-0.4, -0.2) is 54.4 Å². The van der Waals surface area contributed by atoms with Crippen molar-refractivity contribution in [1.29, 1.82) is 0 Å². The van der Waals surface area contributed by atoms with E-state index in [1.807, 2.05) is 44.7 Å². The van der Waals surface area contributed by atoms with Crippen molar-refractivity contribution in [2.24, 2.45) is 4.99 Å². The number of amides is 1. The number of ether oxygens (including phenoxy) is 1. The molecule has 2 N–H and O–H groups in total. The highest BCUT2D eigenvalue weighted by molar-refractivity contribution is 6.50. The summed E-state index contributed by atoms with van der Waals surface area (Å²) >= 11 is 0. The molecule has 1 aliphatic heterocycles. The zero-order chi connectivity index (χ0) is 21.8. The van der Waals surface area contributed by atoms with Crippen LogP contribution in [0.25, 0.3) is 11.1 Å². The highest BCUT2D eigenvalue weighted by atomic mass is 16.5. The predicted octanol–water partition coefficient (Wildman–Crippen LogP) is 3.02. The lowest BCUT2D eigenvalue weighted by atomic mass is 9.98. The Hall–Kier alpha value is -3.78. The Bertz CT molecular complexity index is 1140. The van der Waals surface area contributed by atoms with Crippen LogP contribution in [0.5, 0.6) is 5.75 Å². The molecule has 158 valence electrons. The Morgan fingerprint density at radius 3 is 2.74 bits per heavy atom. The summed E-state index contributed by atoms with van der Waals surface area (Å²) in [5, 5.41) is 6.08. The minimum atomic E-state index is -0.297. The number of anilines is 2. The number of carbonyl (C=O) groups is 1. The van der Waals surface area contributed by atoms with Gasteiger partial charge >= 0.3 is 0 Å². The molecular formula is C23H24N6O2. The van der Waals surface area contributed by atoms with Crippen molar-refractivity contribution in [2.75, 3.05) is 38.5 Å². The van der Waals surface area contributed by atoms with Crippen molar-refractivity contribution in [3.8, 4) is 16.9 Å². The van der Waals surface area contributed by atoms with Gasteiger partial charge in [-0.25, -0.2) is 0 Å². The lowest BCUT2D eigenvalue weighted by molar-refractivity contribution is -0.110. The number of aromatic nitrogens is 2. The van der Waals surface area contributed by atoms with Crippen LogP contribution in [0.15, 0.2) is 60.1 Å². The molecule has 0 radical (unpaired) electrons. The Labute approximate surface area is 181 Å². The summed E-state index contributed by atoms with van der Waals surface area (Å²) in [6.45, 7) is 1.14. The summed E-state index contributed by atoms with van der Waals surface area (Å²) in [4.78, 5) is 28.0. The number of carbonyl (C=O) groups excluding carboxylic acids is 1. The minimum absolute atomic E-state index is 0.297. The van der Waals surface area contributed by atoms with Gasteiger partial charge in [-0.15, -0.1) is 0 Å². The van der Waals surface area contributed by atoms with Gasteiger partial charge in [0.05, 0.1) is 25.2 Å². The molecule has 1 aromatic carbocycles. The van der Waals surface area contributed by atoms with Crippen LogP contribution in [0.2, 0.25) is 0 Å². The van der Waals surface area contributed by atoms with Gasteiger partial charge < -0.3 is 20.3 Å². The van der Waals surface area contributed by atoms with Gasteiger partial charge in [-0.3, -0.25) is 19.8 Å². The van der Waals surface area contributed by atoms with Crippen LogP contribution in [0.4, 0.5) is 11.4 Å². The topological polar surface area (TPSA) is 91.7 Å². The van der Waals surface area contributed by atoms with Crippen LogP contribution < -0.4 is 15.4 Å². The quantitative estimate of drug-likeness (QED) is 0.642. The zero-order valence-corrected chi connectivity index (χ0v) is 17.7. The van der Waals surface area contributed by atoms with Crippen molar-refractivity contribution in [1.82, 2.24) is 14.9 Å². The number of hydrogen-bond acceptors (Lipinski definition) is 7.